The Balaban J connectivity index is 2.49. The van der Waals surface area contributed by atoms with Crippen LogP contribution >= 0.6 is 27.7 Å². The summed E-state index contributed by atoms with van der Waals surface area (Å²) in [5, 5.41) is 0. The molecule has 2 aromatic heterocycles. The van der Waals surface area contributed by atoms with E-state index in [9.17, 15) is 0 Å². The molecular formula is C8H8BrN3S. The number of thioether (sulfide) groups is 1. The number of aromatic amines is 1. The van der Waals surface area contributed by atoms with E-state index in [0.717, 1.165) is 27.2 Å². The summed E-state index contributed by atoms with van der Waals surface area (Å²) in [6.07, 6.45) is 3.81. The molecule has 2 aromatic rings. The monoisotopic (exact) mass is 257 g/mol. The number of H-pyrrole nitrogens is 1. The highest BCUT2D eigenvalue weighted by molar-refractivity contribution is 9.10. The molecule has 2 heterocycles. The predicted molar refractivity (Wildman–Crippen MR) is 58.8 cm³/mol. The summed E-state index contributed by atoms with van der Waals surface area (Å²) in [6, 6.07) is 1.99. The van der Waals surface area contributed by atoms with Crippen molar-refractivity contribution in [2.24, 2.45) is 0 Å². The SMILES string of the molecule is CSCc1nc2ncc(Br)cc2[nH]1. The normalized spacial score (nSPS) is 10.9. The lowest BCUT2D eigenvalue weighted by Gasteiger charge is -1.87. The molecule has 0 aliphatic heterocycles. The van der Waals surface area contributed by atoms with Crippen LogP contribution in [0.2, 0.25) is 0 Å². The van der Waals surface area contributed by atoms with Crippen molar-refractivity contribution >= 4 is 38.9 Å². The Kier molecular flexibility index (Phi) is 2.55. The summed E-state index contributed by atoms with van der Waals surface area (Å²) in [6.45, 7) is 0. The zero-order chi connectivity index (χ0) is 9.26. The van der Waals surface area contributed by atoms with Gasteiger partial charge in [0.15, 0.2) is 5.65 Å². The first-order chi connectivity index (χ1) is 6.29. The van der Waals surface area contributed by atoms with E-state index in [1.54, 1.807) is 18.0 Å². The third-order valence-corrected chi connectivity index (χ3v) is 2.63. The van der Waals surface area contributed by atoms with E-state index in [4.69, 9.17) is 0 Å². The van der Waals surface area contributed by atoms with Crippen molar-refractivity contribution in [3.05, 3.63) is 22.6 Å². The van der Waals surface area contributed by atoms with Gasteiger partial charge < -0.3 is 4.98 Å². The van der Waals surface area contributed by atoms with E-state index in [2.05, 4.69) is 37.1 Å². The average molecular weight is 258 g/mol. The molecule has 0 bridgehead atoms. The van der Waals surface area contributed by atoms with Crippen molar-refractivity contribution in [2.45, 2.75) is 5.75 Å². The zero-order valence-corrected chi connectivity index (χ0v) is 9.44. The summed E-state index contributed by atoms with van der Waals surface area (Å²) >= 11 is 5.11. The van der Waals surface area contributed by atoms with Crippen LogP contribution in [0.4, 0.5) is 0 Å². The highest BCUT2D eigenvalue weighted by Gasteiger charge is 2.02. The second-order valence-corrected chi connectivity index (χ2v) is 4.42. The molecule has 0 saturated carbocycles. The van der Waals surface area contributed by atoms with Gasteiger partial charge in [-0.15, -0.1) is 0 Å². The molecule has 0 saturated heterocycles. The first-order valence-corrected chi connectivity index (χ1v) is 5.97. The first-order valence-electron chi connectivity index (χ1n) is 3.78. The zero-order valence-electron chi connectivity index (χ0n) is 7.04. The van der Waals surface area contributed by atoms with Crippen molar-refractivity contribution in [1.82, 2.24) is 15.0 Å². The number of halogens is 1. The maximum Gasteiger partial charge on any atom is 0.177 e. The quantitative estimate of drug-likeness (QED) is 0.900. The third kappa shape index (κ3) is 1.86. The highest BCUT2D eigenvalue weighted by Crippen LogP contribution is 2.16. The molecule has 0 fully saturated rings. The number of hydrogen-bond donors (Lipinski definition) is 1. The molecule has 13 heavy (non-hydrogen) atoms. The molecule has 0 amide bonds. The number of rotatable bonds is 2. The number of nitrogens with zero attached hydrogens (tertiary/aromatic N) is 2. The van der Waals surface area contributed by atoms with Crippen LogP contribution in [-0.4, -0.2) is 21.2 Å². The van der Waals surface area contributed by atoms with Gasteiger partial charge in [0.1, 0.15) is 5.82 Å². The van der Waals surface area contributed by atoms with Gasteiger partial charge in [0.25, 0.3) is 0 Å². The minimum atomic E-state index is 0.784. The number of imidazole rings is 1. The van der Waals surface area contributed by atoms with Crippen molar-refractivity contribution < 1.29 is 0 Å². The fourth-order valence-electron chi connectivity index (χ4n) is 1.13. The van der Waals surface area contributed by atoms with Gasteiger partial charge in [-0.05, 0) is 28.3 Å². The van der Waals surface area contributed by atoms with E-state index in [1.807, 2.05) is 6.07 Å². The summed E-state index contributed by atoms with van der Waals surface area (Å²) in [7, 11) is 0. The number of fused-ring (bicyclic) bond motifs is 1. The minimum Gasteiger partial charge on any atom is -0.340 e. The standard InChI is InChI=1S/C8H8BrN3S/c1-13-4-7-11-6-2-5(9)3-10-8(6)12-7/h2-3H,4H2,1H3,(H,10,11,12). The summed E-state index contributed by atoms with van der Waals surface area (Å²) in [5.74, 6) is 1.88. The van der Waals surface area contributed by atoms with Gasteiger partial charge >= 0.3 is 0 Å². The Labute approximate surface area is 88.5 Å². The van der Waals surface area contributed by atoms with Crippen LogP contribution in [-0.2, 0) is 5.75 Å². The Bertz CT molecular complexity index is 426. The molecule has 0 aliphatic rings. The molecular weight excluding hydrogens is 250 g/mol. The topological polar surface area (TPSA) is 41.6 Å². The van der Waals surface area contributed by atoms with Gasteiger partial charge in [-0.2, -0.15) is 11.8 Å². The Morgan fingerprint density at radius 3 is 3.23 bits per heavy atom. The van der Waals surface area contributed by atoms with Gasteiger partial charge in [-0.25, -0.2) is 9.97 Å². The lowest BCUT2D eigenvalue weighted by atomic mass is 10.4. The maximum absolute atomic E-state index is 4.34. The maximum atomic E-state index is 4.34. The molecule has 68 valence electrons. The van der Waals surface area contributed by atoms with Crippen molar-refractivity contribution in [1.29, 1.82) is 0 Å². The van der Waals surface area contributed by atoms with Crippen LogP contribution in [0.25, 0.3) is 11.2 Å². The lowest BCUT2D eigenvalue weighted by molar-refractivity contribution is 1.13. The summed E-state index contributed by atoms with van der Waals surface area (Å²) in [5.41, 5.74) is 1.77. The molecule has 0 radical (unpaired) electrons. The Morgan fingerprint density at radius 2 is 2.46 bits per heavy atom. The molecule has 2 rings (SSSR count). The van der Waals surface area contributed by atoms with Crippen LogP contribution in [0, 0.1) is 0 Å². The molecule has 3 nitrogen and oxygen atoms in total. The summed E-state index contributed by atoms with van der Waals surface area (Å²) < 4.78 is 0.972. The first kappa shape index (κ1) is 9.02. The van der Waals surface area contributed by atoms with Gasteiger partial charge in [0, 0.05) is 10.7 Å². The Morgan fingerprint density at radius 1 is 1.62 bits per heavy atom. The molecule has 5 heteroatoms. The number of pyridine rings is 1. The number of hydrogen-bond acceptors (Lipinski definition) is 3. The summed E-state index contributed by atoms with van der Waals surface area (Å²) in [4.78, 5) is 11.7. The second-order valence-electron chi connectivity index (χ2n) is 2.64. The van der Waals surface area contributed by atoms with Crippen molar-refractivity contribution in [3.63, 3.8) is 0 Å². The van der Waals surface area contributed by atoms with E-state index < -0.39 is 0 Å². The van der Waals surface area contributed by atoms with Crippen LogP contribution in [0.3, 0.4) is 0 Å². The van der Waals surface area contributed by atoms with Crippen molar-refractivity contribution in [2.75, 3.05) is 6.26 Å². The number of aromatic nitrogens is 3. The minimum absolute atomic E-state index is 0.784. The third-order valence-electron chi connectivity index (χ3n) is 1.63. The fraction of sp³-hybridized carbons (Fsp3) is 0.250. The Hall–Kier alpha value is -0.550. The van der Waals surface area contributed by atoms with Gasteiger partial charge in [-0.1, -0.05) is 0 Å². The lowest BCUT2D eigenvalue weighted by Crippen LogP contribution is -1.80. The average Bonchev–Trinajstić information content (AvgIpc) is 2.46. The molecule has 0 atom stereocenters. The highest BCUT2D eigenvalue weighted by atomic mass is 79.9. The second kappa shape index (κ2) is 3.67. The van der Waals surface area contributed by atoms with Crippen molar-refractivity contribution in [3.8, 4) is 0 Å². The molecule has 0 unspecified atom stereocenters. The van der Waals surface area contributed by atoms with E-state index in [1.165, 1.54) is 0 Å². The smallest absolute Gasteiger partial charge is 0.177 e. The van der Waals surface area contributed by atoms with Crippen LogP contribution < -0.4 is 0 Å². The van der Waals surface area contributed by atoms with Gasteiger partial charge in [0.2, 0.25) is 0 Å². The number of nitrogens with one attached hydrogen (secondary N) is 1. The largest absolute Gasteiger partial charge is 0.340 e. The predicted octanol–water partition coefficient (Wildman–Crippen LogP) is 2.58. The van der Waals surface area contributed by atoms with E-state index in [-0.39, 0.29) is 0 Å². The molecule has 0 aliphatic carbocycles. The van der Waals surface area contributed by atoms with Crippen LogP contribution in [0.5, 0.6) is 0 Å². The molecule has 1 N–H and O–H groups in total. The molecule has 0 aromatic carbocycles. The van der Waals surface area contributed by atoms with E-state index in [0.29, 0.717) is 0 Å². The van der Waals surface area contributed by atoms with Crippen LogP contribution in [0.1, 0.15) is 5.82 Å². The van der Waals surface area contributed by atoms with Gasteiger partial charge in [-0.3, -0.25) is 0 Å². The molecule has 0 spiro atoms. The van der Waals surface area contributed by atoms with Crippen LogP contribution in [0.15, 0.2) is 16.7 Å². The van der Waals surface area contributed by atoms with Gasteiger partial charge in [0.05, 0.1) is 11.3 Å². The van der Waals surface area contributed by atoms with E-state index >= 15 is 0 Å². The fourth-order valence-corrected chi connectivity index (χ4v) is 1.87.